The maximum atomic E-state index is 12.6. The lowest BCUT2D eigenvalue weighted by Gasteiger charge is -2.26. The molecule has 0 spiro atoms. The molecule has 0 bridgehead atoms. The number of carbonyl (C=O) groups excluding carboxylic acids is 1. The lowest BCUT2D eigenvalue weighted by atomic mass is 10.0. The number of amides is 1. The summed E-state index contributed by atoms with van der Waals surface area (Å²) in [6, 6.07) is 13.2. The van der Waals surface area contributed by atoms with Gasteiger partial charge < -0.3 is 19.5 Å². The Morgan fingerprint density at radius 3 is 2.80 bits per heavy atom. The van der Waals surface area contributed by atoms with Crippen molar-refractivity contribution in [3.63, 3.8) is 0 Å². The zero-order chi connectivity index (χ0) is 17.4. The van der Waals surface area contributed by atoms with E-state index in [1.165, 1.54) is 0 Å². The van der Waals surface area contributed by atoms with Gasteiger partial charge in [-0.15, -0.1) is 0 Å². The average molecular weight is 339 g/mol. The second kappa shape index (κ2) is 5.99. The normalized spacial score (nSPS) is 19.7. The van der Waals surface area contributed by atoms with Crippen LogP contribution >= 0.6 is 0 Å². The standard InChI is InChI=1S/C20H21NO4/c1-20(2)10-13-6-5-7-15(18(13)25-20)19(22)21-11-14-12-23-16-8-3-4-9-17(16)24-14/h3-9,14H,10-12H2,1-2H3,(H,21,22)/t14-/m0/s1. The first-order chi connectivity index (χ1) is 12.0. The Labute approximate surface area is 146 Å². The van der Waals surface area contributed by atoms with Gasteiger partial charge in [0.15, 0.2) is 11.5 Å². The number of para-hydroxylation sites is 3. The highest BCUT2D eigenvalue weighted by Gasteiger charge is 2.33. The number of ether oxygens (including phenoxy) is 3. The minimum Gasteiger partial charge on any atom is -0.486 e. The topological polar surface area (TPSA) is 56.8 Å². The van der Waals surface area contributed by atoms with Crippen LogP contribution in [0, 0.1) is 0 Å². The van der Waals surface area contributed by atoms with Crippen molar-refractivity contribution in [3.05, 3.63) is 53.6 Å². The molecule has 2 aliphatic heterocycles. The maximum Gasteiger partial charge on any atom is 0.255 e. The summed E-state index contributed by atoms with van der Waals surface area (Å²) >= 11 is 0. The van der Waals surface area contributed by atoms with E-state index in [1.54, 1.807) is 6.07 Å². The molecule has 2 aromatic rings. The third-order valence-corrected chi connectivity index (χ3v) is 4.39. The van der Waals surface area contributed by atoms with Gasteiger partial charge in [0.25, 0.3) is 5.91 Å². The molecule has 25 heavy (non-hydrogen) atoms. The van der Waals surface area contributed by atoms with Crippen molar-refractivity contribution in [1.29, 1.82) is 0 Å². The van der Waals surface area contributed by atoms with Crippen molar-refractivity contribution in [3.8, 4) is 17.2 Å². The van der Waals surface area contributed by atoms with Crippen molar-refractivity contribution < 1.29 is 19.0 Å². The van der Waals surface area contributed by atoms with Crippen molar-refractivity contribution in [2.75, 3.05) is 13.2 Å². The van der Waals surface area contributed by atoms with Gasteiger partial charge in [0.1, 0.15) is 24.1 Å². The average Bonchev–Trinajstić information content (AvgIpc) is 2.93. The molecule has 2 aliphatic rings. The van der Waals surface area contributed by atoms with E-state index in [-0.39, 0.29) is 17.6 Å². The molecule has 5 nitrogen and oxygen atoms in total. The number of hydrogen-bond donors (Lipinski definition) is 1. The van der Waals surface area contributed by atoms with Gasteiger partial charge in [-0.3, -0.25) is 4.79 Å². The second-order valence-corrected chi connectivity index (χ2v) is 7.04. The van der Waals surface area contributed by atoms with Gasteiger partial charge in [-0.2, -0.15) is 0 Å². The van der Waals surface area contributed by atoms with E-state index in [9.17, 15) is 4.79 Å². The zero-order valence-electron chi connectivity index (χ0n) is 14.4. The molecule has 1 N–H and O–H groups in total. The Kier molecular flexibility index (Phi) is 3.79. The number of rotatable bonds is 3. The number of carbonyl (C=O) groups is 1. The van der Waals surface area contributed by atoms with Crippen LogP contribution in [0.4, 0.5) is 0 Å². The van der Waals surface area contributed by atoms with E-state index in [2.05, 4.69) is 5.32 Å². The van der Waals surface area contributed by atoms with E-state index < -0.39 is 0 Å². The fourth-order valence-corrected chi connectivity index (χ4v) is 3.26. The van der Waals surface area contributed by atoms with Gasteiger partial charge in [-0.25, -0.2) is 0 Å². The first-order valence-electron chi connectivity index (χ1n) is 8.49. The predicted octanol–water partition coefficient (Wildman–Crippen LogP) is 2.97. The van der Waals surface area contributed by atoms with Gasteiger partial charge in [0, 0.05) is 6.42 Å². The molecule has 5 heteroatoms. The van der Waals surface area contributed by atoms with E-state index in [1.807, 2.05) is 50.2 Å². The van der Waals surface area contributed by atoms with Crippen molar-refractivity contribution in [2.45, 2.75) is 32.0 Å². The number of hydrogen-bond acceptors (Lipinski definition) is 4. The number of fused-ring (bicyclic) bond motifs is 2. The smallest absolute Gasteiger partial charge is 0.255 e. The maximum absolute atomic E-state index is 12.6. The van der Waals surface area contributed by atoms with Crippen molar-refractivity contribution >= 4 is 5.91 Å². The molecular weight excluding hydrogens is 318 g/mol. The minimum absolute atomic E-state index is 0.156. The highest BCUT2D eigenvalue weighted by Crippen LogP contribution is 2.37. The lowest BCUT2D eigenvalue weighted by Crippen LogP contribution is -2.40. The Balaban J connectivity index is 1.42. The molecule has 1 atom stereocenters. The van der Waals surface area contributed by atoms with Gasteiger partial charge in [0.2, 0.25) is 0 Å². The van der Waals surface area contributed by atoms with Crippen LogP contribution in [0.3, 0.4) is 0 Å². The van der Waals surface area contributed by atoms with E-state index in [0.717, 1.165) is 17.7 Å². The first-order valence-corrected chi connectivity index (χ1v) is 8.49. The molecule has 4 rings (SSSR count). The second-order valence-electron chi connectivity index (χ2n) is 7.04. The summed E-state index contributed by atoms with van der Waals surface area (Å²) in [7, 11) is 0. The summed E-state index contributed by atoms with van der Waals surface area (Å²) in [4.78, 5) is 12.6. The highest BCUT2D eigenvalue weighted by molar-refractivity contribution is 5.97. The molecule has 2 heterocycles. The molecule has 0 fully saturated rings. The van der Waals surface area contributed by atoms with Gasteiger partial charge in [0.05, 0.1) is 12.1 Å². The monoisotopic (exact) mass is 339 g/mol. The SMILES string of the molecule is CC1(C)Cc2cccc(C(=O)NC[C@H]3COc4ccccc4O3)c2O1. The molecule has 0 radical (unpaired) electrons. The van der Waals surface area contributed by atoms with Crippen molar-refractivity contribution in [2.24, 2.45) is 0 Å². The largest absolute Gasteiger partial charge is 0.486 e. The summed E-state index contributed by atoms with van der Waals surface area (Å²) in [6.07, 6.45) is 0.591. The van der Waals surface area contributed by atoms with E-state index >= 15 is 0 Å². The Bertz CT molecular complexity index is 815. The summed E-state index contributed by atoms with van der Waals surface area (Å²) in [5, 5.41) is 2.93. The van der Waals surface area contributed by atoms with Gasteiger partial charge >= 0.3 is 0 Å². The molecule has 0 aromatic heterocycles. The molecule has 1 amide bonds. The highest BCUT2D eigenvalue weighted by atomic mass is 16.6. The molecule has 0 aliphatic carbocycles. The van der Waals surface area contributed by atoms with Gasteiger partial charge in [-0.05, 0) is 37.6 Å². The van der Waals surface area contributed by atoms with Crippen LogP contribution < -0.4 is 19.5 Å². The summed E-state index contributed by atoms with van der Waals surface area (Å²) in [6.45, 7) is 4.84. The molecule has 2 aromatic carbocycles. The summed E-state index contributed by atoms with van der Waals surface area (Å²) in [5.41, 5.74) is 1.37. The number of benzene rings is 2. The van der Waals surface area contributed by atoms with Crippen molar-refractivity contribution in [1.82, 2.24) is 5.32 Å². The van der Waals surface area contributed by atoms with Crippen LogP contribution in [-0.4, -0.2) is 30.8 Å². The third kappa shape index (κ3) is 3.14. The van der Waals surface area contributed by atoms with Crippen LogP contribution in [0.5, 0.6) is 17.2 Å². The Hall–Kier alpha value is -2.69. The van der Waals surface area contributed by atoms with Crippen LogP contribution in [0.2, 0.25) is 0 Å². The summed E-state index contributed by atoms with van der Waals surface area (Å²) < 4.78 is 17.5. The molecule has 130 valence electrons. The van der Waals surface area contributed by atoms with Gasteiger partial charge in [-0.1, -0.05) is 24.3 Å². The quantitative estimate of drug-likeness (QED) is 0.934. The molecule has 0 unspecified atom stereocenters. The Morgan fingerprint density at radius 2 is 1.96 bits per heavy atom. The zero-order valence-corrected chi connectivity index (χ0v) is 14.4. The Morgan fingerprint density at radius 1 is 1.16 bits per heavy atom. The molecule has 0 saturated heterocycles. The predicted molar refractivity (Wildman–Crippen MR) is 93.5 cm³/mol. The van der Waals surface area contributed by atoms with E-state index in [0.29, 0.717) is 30.2 Å². The fraction of sp³-hybridized carbons (Fsp3) is 0.350. The van der Waals surface area contributed by atoms with E-state index in [4.69, 9.17) is 14.2 Å². The molecular formula is C20H21NO4. The van der Waals surface area contributed by atoms with Crippen LogP contribution in [0.1, 0.15) is 29.8 Å². The lowest BCUT2D eigenvalue weighted by molar-refractivity contribution is 0.0783. The summed E-state index contributed by atoms with van der Waals surface area (Å²) in [5.74, 6) is 1.98. The first kappa shape index (κ1) is 15.8. The van der Waals surface area contributed by atoms with Crippen LogP contribution in [0.15, 0.2) is 42.5 Å². The van der Waals surface area contributed by atoms with Crippen LogP contribution in [-0.2, 0) is 6.42 Å². The number of nitrogens with one attached hydrogen (secondary N) is 1. The third-order valence-electron chi connectivity index (χ3n) is 4.39. The van der Waals surface area contributed by atoms with Crippen LogP contribution in [0.25, 0.3) is 0 Å². The fourth-order valence-electron chi connectivity index (χ4n) is 3.26. The molecule has 0 saturated carbocycles. The minimum atomic E-state index is -0.275.